The Morgan fingerprint density at radius 3 is 2.24 bits per heavy atom. The Labute approximate surface area is 123 Å². The zero-order valence-electron chi connectivity index (χ0n) is 12.3. The minimum absolute atomic E-state index is 0.107. The first-order valence-corrected chi connectivity index (χ1v) is 7.37. The average molecular weight is 298 g/mol. The lowest BCUT2D eigenvalue weighted by Gasteiger charge is -2.37. The Bertz CT molecular complexity index is 418. The van der Waals surface area contributed by atoms with Crippen LogP contribution in [0.4, 0.5) is 4.79 Å². The van der Waals surface area contributed by atoms with Gasteiger partial charge in [-0.1, -0.05) is 0 Å². The van der Waals surface area contributed by atoms with E-state index >= 15 is 0 Å². The molecule has 0 saturated carbocycles. The molecule has 2 amide bonds. The largest absolute Gasteiger partial charge is 0.481 e. The van der Waals surface area contributed by atoms with Gasteiger partial charge in [0.2, 0.25) is 0 Å². The molecule has 0 aromatic rings. The molecule has 0 spiro atoms. The third-order valence-corrected chi connectivity index (χ3v) is 4.34. The van der Waals surface area contributed by atoms with E-state index in [1.807, 2.05) is 0 Å². The summed E-state index contributed by atoms with van der Waals surface area (Å²) in [6, 6.07) is -0.107. The molecule has 2 saturated heterocycles. The number of rotatable bonds is 2. The molecule has 2 rings (SSSR count). The number of carboxylic acid groups (broad SMARTS) is 1. The van der Waals surface area contributed by atoms with Gasteiger partial charge in [0, 0.05) is 26.2 Å². The van der Waals surface area contributed by atoms with Crippen LogP contribution in [0.5, 0.6) is 0 Å². The molecule has 1 atom stereocenters. The quantitative estimate of drug-likeness (QED) is 0.762. The molecule has 2 fully saturated rings. The molecule has 7 heteroatoms. The van der Waals surface area contributed by atoms with Crippen molar-refractivity contribution >= 4 is 18.0 Å². The van der Waals surface area contributed by atoms with Crippen LogP contribution in [0.3, 0.4) is 0 Å². The van der Waals surface area contributed by atoms with Gasteiger partial charge in [0.05, 0.1) is 18.9 Å². The highest BCUT2D eigenvalue weighted by Gasteiger charge is 2.33. The lowest BCUT2D eigenvalue weighted by molar-refractivity contribution is -0.147. The number of piperidine rings is 2. The van der Waals surface area contributed by atoms with Crippen molar-refractivity contribution in [3.8, 4) is 0 Å². The Hall–Kier alpha value is -1.79. The van der Waals surface area contributed by atoms with Crippen LogP contribution in [0.15, 0.2) is 0 Å². The number of carboxylic acids is 1. The van der Waals surface area contributed by atoms with Crippen molar-refractivity contribution in [1.29, 1.82) is 0 Å². The molecule has 118 valence electrons. The number of ether oxygens (including phenoxy) is 1. The van der Waals surface area contributed by atoms with E-state index in [-0.39, 0.29) is 24.5 Å². The van der Waals surface area contributed by atoms with Gasteiger partial charge < -0.3 is 19.6 Å². The molecule has 0 aromatic heterocycles. The number of carbonyl (C=O) groups excluding carboxylic acids is 2. The molecule has 1 N–H and O–H groups in total. The number of likely N-dealkylation sites (tertiary alicyclic amines) is 2. The summed E-state index contributed by atoms with van der Waals surface area (Å²) in [6.07, 6.45) is 2.56. The predicted octanol–water partition coefficient (Wildman–Crippen LogP) is 0.788. The average Bonchev–Trinajstić information content (AvgIpc) is 2.53. The van der Waals surface area contributed by atoms with Crippen molar-refractivity contribution < 1.29 is 24.2 Å². The number of hydrogen-bond acceptors (Lipinski definition) is 4. The van der Waals surface area contributed by atoms with Crippen LogP contribution in [0.2, 0.25) is 0 Å². The zero-order chi connectivity index (χ0) is 15.4. The van der Waals surface area contributed by atoms with Crippen LogP contribution >= 0.6 is 0 Å². The van der Waals surface area contributed by atoms with Gasteiger partial charge in [0.25, 0.3) is 0 Å². The molecule has 21 heavy (non-hydrogen) atoms. The zero-order valence-corrected chi connectivity index (χ0v) is 12.3. The second kappa shape index (κ2) is 6.78. The minimum Gasteiger partial charge on any atom is -0.481 e. The Morgan fingerprint density at radius 2 is 1.67 bits per heavy atom. The van der Waals surface area contributed by atoms with Crippen LogP contribution in [-0.2, 0) is 14.3 Å². The van der Waals surface area contributed by atoms with Gasteiger partial charge in [0.1, 0.15) is 0 Å². The van der Waals surface area contributed by atoms with Crippen LogP contribution < -0.4 is 0 Å². The van der Waals surface area contributed by atoms with Crippen molar-refractivity contribution in [3.63, 3.8) is 0 Å². The summed E-state index contributed by atoms with van der Waals surface area (Å²) in [5.41, 5.74) is 0. The van der Waals surface area contributed by atoms with Gasteiger partial charge in [0.15, 0.2) is 0 Å². The van der Waals surface area contributed by atoms with Crippen LogP contribution in [0.1, 0.15) is 25.7 Å². The number of aliphatic carboxylic acids is 1. The van der Waals surface area contributed by atoms with E-state index in [9.17, 15) is 14.4 Å². The van der Waals surface area contributed by atoms with Crippen molar-refractivity contribution in [1.82, 2.24) is 9.80 Å². The van der Waals surface area contributed by atoms with Gasteiger partial charge >= 0.3 is 18.0 Å². The lowest BCUT2D eigenvalue weighted by atomic mass is 9.96. The Kier molecular flexibility index (Phi) is 5.03. The first kappa shape index (κ1) is 15.6. The van der Waals surface area contributed by atoms with E-state index < -0.39 is 11.9 Å². The monoisotopic (exact) mass is 298 g/mol. The maximum Gasteiger partial charge on any atom is 0.320 e. The number of urea groups is 1. The van der Waals surface area contributed by atoms with E-state index in [0.717, 1.165) is 6.42 Å². The van der Waals surface area contributed by atoms with E-state index in [1.54, 1.807) is 9.80 Å². The van der Waals surface area contributed by atoms with E-state index in [1.165, 1.54) is 7.11 Å². The van der Waals surface area contributed by atoms with Crippen molar-refractivity contribution in [2.24, 2.45) is 11.8 Å². The second-order valence-electron chi connectivity index (χ2n) is 5.69. The van der Waals surface area contributed by atoms with Crippen molar-refractivity contribution in [2.75, 3.05) is 33.3 Å². The molecule has 0 radical (unpaired) electrons. The highest BCUT2D eigenvalue weighted by Crippen LogP contribution is 2.22. The third kappa shape index (κ3) is 3.65. The Morgan fingerprint density at radius 1 is 1.00 bits per heavy atom. The third-order valence-electron chi connectivity index (χ3n) is 4.34. The molecule has 2 aliphatic heterocycles. The van der Waals surface area contributed by atoms with Gasteiger partial charge in [-0.15, -0.1) is 0 Å². The fourth-order valence-corrected chi connectivity index (χ4v) is 3.03. The highest BCUT2D eigenvalue weighted by molar-refractivity contribution is 5.77. The summed E-state index contributed by atoms with van der Waals surface area (Å²) in [7, 11) is 1.37. The summed E-state index contributed by atoms with van der Waals surface area (Å²) in [6.45, 7) is 1.93. The standard InChI is InChI=1S/C14H22N2O5/c1-21-13(19)10-4-7-15(8-5-10)14(20)16-6-2-3-11(9-16)12(17)18/h10-11H,2-9H2,1H3,(H,17,18)/t11-/m1/s1. The van der Waals surface area contributed by atoms with Gasteiger partial charge in [-0.3, -0.25) is 9.59 Å². The molecule has 0 aliphatic carbocycles. The summed E-state index contributed by atoms with van der Waals surface area (Å²) in [4.78, 5) is 38.3. The lowest BCUT2D eigenvalue weighted by Crippen LogP contribution is -2.51. The topological polar surface area (TPSA) is 87.2 Å². The SMILES string of the molecule is COC(=O)C1CCN(C(=O)N2CCC[C@@H](C(=O)O)C2)CC1. The van der Waals surface area contributed by atoms with Crippen molar-refractivity contribution in [2.45, 2.75) is 25.7 Å². The molecule has 2 aliphatic rings. The van der Waals surface area contributed by atoms with Crippen LogP contribution in [0, 0.1) is 11.8 Å². The van der Waals surface area contributed by atoms with E-state index in [4.69, 9.17) is 9.84 Å². The molecule has 0 bridgehead atoms. The van der Waals surface area contributed by atoms with Gasteiger partial charge in [-0.2, -0.15) is 0 Å². The van der Waals surface area contributed by atoms with E-state index in [0.29, 0.717) is 38.9 Å². The fourth-order valence-electron chi connectivity index (χ4n) is 3.03. The number of nitrogens with zero attached hydrogens (tertiary/aromatic N) is 2. The number of esters is 1. The summed E-state index contributed by atoms with van der Waals surface area (Å²) in [5.74, 6) is -1.65. The molecule has 7 nitrogen and oxygen atoms in total. The number of hydrogen-bond donors (Lipinski definition) is 1. The first-order valence-electron chi connectivity index (χ1n) is 7.37. The molecule has 0 aromatic carbocycles. The number of methoxy groups -OCH3 is 1. The summed E-state index contributed by atoms with van der Waals surface area (Å²) in [5, 5.41) is 9.07. The molecule has 2 heterocycles. The van der Waals surface area contributed by atoms with Gasteiger partial charge in [-0.25, -0.2) is 4.79 Å². The number of amides is 2. The smallest absolute Gasteiger partial charge is 0.320 e. The summed E-state index contributed by atoms with van der Waals surface area (Å²) >= 11 is 0. The normalized spacial score (nSPS) is 23.8. The second-order valence-corrected chi connectivity index (χ2v) is 5.69. The van der Waals surface area contributed by atoms with Crippen molar-refractivity contribution in [3.05, 3.63) is 0 Å². The maximum absolute atomic E-state index is 12.4. The first-order chi connectivity index (χ1) is 10.0. The van der Waals surface area contributed by atoms with Gasteiger partial charge in [-0.05, 0) is 25.7 Å². The Balaban J connectivity index is 1.87. The fraction of sp³-hybridized carbons (Fsp3) is 0.786. The highest BCUT2D eigenvalue weighted by atomic mass is 16.5. The molecule has 0 unspecified atom stereocenters. The maximum atomic E-state index is 12.4. The molecular weight excluding hydrogens is 276 g/mol. The predicted molar refractivity (Wildman–Crippen MR) is 73.6 cm³/mol. The van der Waals surface area contributed by atoms with E-state index in [2.05, 4.69) is 0 Å². The molecular formula is C14H22N2O5. The summed E-state index contributed by atoms with van der Waals surface area (Å²) < 4.78 is 4.72. The minimum atomic E-state index is -0.836. The van der Waals surface area contributed by atoms with Crippen LogP contribution in [-0.4, -0.2) is 66.2 Å². The number of carbonyl (C=O) groups is 3. The van der Waals surface area contributed by atoms with Crippen LogP contribution in [0.25, 0.3) is 0 Å².